The van der Waals surface area contributed by atoms with Crippen LogP contribution in [-0.4, -0.2) is 29.2 Å². The SMILES string of the molecule is N#Cc1c(NC(=O)CCCN2C(=O)c3cccc4cccc(c34)C2=O)sc2c1CCCC2. The third-order valence-corrected chi connectivity index (χ3v) is 7.38. The number of anilines is 1. The summed E-state index contributed by atoms with van der Waals surface area (Å²) in [5, 5.41) is 14.6. The minimum atomic E-state index is -0.322. The van der Waals surface area contributed by atoms with E-state index in [0.29, 0.717) is 33.5 Å². The quantitative estimate of drug-likeness (QED) is 0.581. The molecule has 2 heterocycles. The first-order valence-electron chi connectivity index (χ1n) is 10.8. The van der Waals surface area contributed by atoms with E-state index in [1.54, 1.807) is 12.1 Å². The summed E-state index contributed by atoms with van der Waals surface area (Å²) in [6, 6.07) is 13.1. The first kappa shape index (κ1) is 20.4. The van der Waals surface area contributed by atoms with Crippen LogP contribution < -0.4 is 5.32 Å². The molecule has 3 aromatic rings. The van der Waals surface area contributed by atoms with Crippen LogP contribution in [0.3, 0.4) is 0 Å². The van der Waals surface area contributed by atoms with E-state index in [-0.39, 0.29) is 30.7 Å². The maximum atomic E-state index is 12.9. The molecule has 5 rings (SSSR count). The van der Waals surface area contributed by atoms with Crippen molar-refractivity contribution in [3.05, 3.63) is 63.5 Å². The largest absolute Gasteiger partial charge is 0.317 e. The molecular formula is C25H21N3O3S. The molecule has 1 aromatic heterocycles. The monoisotopic (exact) mass is 443 g/mol. The summed E-state index contributed by atoms with van der Waals surface area (Å²) in [7, 11) is 0. The van der Waals surface area contributed by atoms with Gasteiger partial charge >= 0.3 is 0 Å². The summed E-state index contributed by atoms with van der Waals surface area (Å²) in [5.41, 5.74) is 2.70. The van der Waals surface area contributed by atoms with Crippen molar-refractivity contribution in [2.75, 3.05) is 11.9 Å². The Hall–Kier alpha value is -3.50. The number of nitrogens with one attached hydrogen (secondary N) is 1. The van der Waals surface area contributed by atoms with Gasteiger partial charge in [0.05, 0.1) is 5.56 Å². The Bertz CT molecular complexity index is 1270. The third-order valence-electron chi connectivity index (χ3n) is 6.18. The van der Waals surface area contributed by atoms with Gasteiger partial charge in [-0.2, -0.15) is 5.26 Å². The molecule has 32 heavy (non-hydrogen) atoms. The second kappa shape index (κ2) is 8.21. The van der Waals surface area contributed by atoms with E-state index in [2.05, 4.69) is 11.4 Å². The molecule has 0 atom stereocenters. The van der Waals surface area contributed by atoms with E-state index < -0.39 is 0 Å². The lowest BCUT2D eigenvalue weighted by atomic mass is 9.94. The highest BCUT2D eigenvalue weighted by molar-refractivity contribution is 7.16. The normalized spacial score (nSPS) is 14.9. The van der Waals surface area contributed by atoms with Gasteiger partial charge in [-0.15, -0.1) is 11.3 Å². The van der Waals surface area contributed by atoms with E-state index in [9.17, 15) is 19.6 Å². The lowest BCUT2D eigenvalue weighted by molar-refractivity contribution is -0.116. The van der Waals surface area contributed by atoms with E-state index in [0.717, 1.165) is 36.6 Å². The predicted molar refractivity (Wildman–Crippen MR) is 123 cm³/mol. The fraction of sp³-hybridized carbons (Fsp3) is 0.280. The van der Waals surface area contributed by atoms with Gasteiger partial charge < -0.3 is 5.32 Å². The zero-order valence-electron chi connectivity index (χ0n) is 17.4. The maximum absolute atomic E-state index is 12.9. The molecule has 1 aliphatic carbocycles. The Morgan fingerprint density at radius 2 is 1.75 bits per heavy atom. The summed E-state index contributed by atoms with van der Waals surface area (Å²) in [5.74, 6) is -0.852. The molecule has 2 aromatic carbocycles. The number of carbonyl (C=O) groups is 3. The Labute approximate surface area is 189 Å². The van der Waals surface area contributed by atoms with E-state index in [4.69, 9.17) is 0 Å². The van der Waals surface area contributed by atoms with Crippen molar-refractivity contribution in [3.63, 3.8) is 0 Å². The van der Waals surface area contributed by atoms with Gasteiger partial charge in [-0.3, -0.25) is 19.3 Å². The predicted octanol–water partition coefficient (Wildman–Crippen LogP) is 4.67. The van der Waals surface area contributed by atoms with Crippen molar-refractivity contribution in [1.82, 2.24) is 4.90 Å². The number of benzene rings is 2. The van der Waals surface area contributed by atoms with E-state index in [1.807, 2.05) is 24.3 Å². The number of nitrogens with zero attached hydrogens (tertiary/aromatic N) is 2. The van der Waals surface area contributed by atoms with Crippen LogP contribution in [0.4, 0.5) is 5.00 Å². The van der Waals surface area contributed by atoms with Gasteiger partial charge in [0, 0.05) is 34.4 Å². The number of amides is 3. The molecule has 1 aliphatic heterocycles. The fourth-order valence-electron chi connectivity index (χ4n) is 4.64. The number of hydrogen-bond acceptors (Lipinski definition) is 5. The van der Waals surface area contributed by atoms with Crippen molar-refractivity contribution in [3.8, 4) is 6.07 Å². The number of hydrogen-bond donors (Lipinski definition) is 1. The van der Waals surface area contributed by atoms with Gasteiger partial charge in [-0.05, 0) is 55.2 Å². The lowest BCUT2D eigenvalue weighted by Crippen LogP contribution is -2.41. The number of thiophene rings is 1. The van der Waals surface area contributed by atoms with Gasteiger partial charge in [0.25, 0.3) is 11.8 Å². The molecule has 2 aliphatic rings. The highest BCUT2D eigenvalue weighted by Crippen LogP contribution is 2.37. The maximum Gasteiger partial charge on any atom is 0.261 e. The molecule has 6 nitrogen and oxygen atoms in total. The second-order valence-electron chi connectivity index (χ2n) is 8.15. The number of rotatable bonds is 5. The van der Waals surface area contributed by atoms with Crippen LogP contribution in [0, 0.1) is 11.3 Å². The van der Waals surface area contributed by atoms with Crippen molar-refractivity contribution in [2.24, 2.45) is 0 Å². The Kier molecular flexibility index (Phi) is 5.24. The molecule has 0 bridgehead atoms. The lowest BCUT2D eigenvalue weighted by Gasteiger charge is -2.27. The summed E-state index contributed by atoms with van der Waals surface area (Å²) in [4.78, 5) is 40.9. The van der Waals surface area contributed by atoms with Gasteiger partial charge in [0.2, 0.25) is 5.91 Å². The molecule has 3 amide bonds. The molecular weight excluding hydrogens is 422 g/mol. The number of nitriles is 1. The van der Waals surface area contributed by atoms with Crippen molar-refractivity contribution >= 4 is 44.8 Å². The minimum Gasteiger partial charge on any atom is -0.317 e. The van der Waals surface area contributed by atoms with E-state index in [1.165, 1.54) is 21.1 Å². The Morgan fingerprint density at radius 3 is 2.44 bits per heavy atom. The average Bonchev–Trinajstić information content (AvgIpc) is 3.16. The third kappa shape index (κ3) is 3.37. The summed E-state index contributed by atoms with van der Waals surface area (Å²) >= 11 is 1.49. The first-order chi connectivity index (χ1) is 15.6. The van der Waals surface area contributed by atoms with Crippen LogP contribution in [0.5, 0.6) is 0 Å². The first-order valence-corrected chi connectivity index (χ1v) is 11.6. The van der Waals surface area contributed by atoms with Gasteiger partial charge in [0.15, 0.2) is 0 Å². The number of aryl methyl sites for hydroxylation is 1. The summed E-state index contributed by atoms with van der Waals surface area (Å²) in [6.45, 7) is 0.169. The second-order valence-corrected chi connectivity index (χ2v) is 9.25. The van der Waals surface area contributed by atoms with Crippen LogP contribution in [0.1, 0.15) is 62.4 Å². The standard InChI is InChI=1S/C25H21N3O3S/c26-14-19-16-8-1-2-11-20(16)32-23(19)27-21(29)12-5-13-28-24(30)17-9-3-6-15-7-4-10-18(22(15)17)25(28)31/h3-4,6-7,9-10H,1-2,5,8,11-13H2,(H,27,29). The van der Waals surface area contributed by atoms with Crippen LogP contribution in [0.15, 0.2) is 36.4 Å². The molecule has 0 saturated carbocycles. The van der Waals surface area contributed by atoms with Crippen LogP contribution in [-0.2, 0) is 17.6 Å². The van der Waals surface area contributed by atoms with Crippen LogP contribution in [0.2, 0.25) is 0 Å². The van der Waals surface area contributed by atoms with Crippen molar-refractivity contribution in [2.45, 2.75) is 38.5 Å². The number of carbonyl (C=O) groups excluding carboxylic acids is 3. The molecule has 160 valence electrons. The highest BCUT2D eigenvalue weighted by Gasteiger charge is 2.32. The summed E-state index contributed by atoms with van der Waals surface area (Å²) in [6.07, 6.45) is 4.54. The average molecular weight is 444 g/mol. The smallest absolute Gasteiger partial charge is 0.261 e. The molecule has 0 radical (unpaired) electrons. The van der Waals surface area contributed by atoms with Gasteiger partial charge in [-0.25, -0.2) is 0 Å². The van der Waals surface area contributed by atoms with Crippen molar-refractivity contribution in [1.29, 1.82) is 5.26 Å². The van der Waals surface area contributed by atoms with Gasteiger partial charge in [0.1, 0.15) is 11.1 Å². The van der Waals surface area contributed by atoms with Crippen LogP contribution in [0.25, 0.3) is 10.8 Å². The molecule has 0 unspecified atom stereocenters. The van der Waals surface area contributed by atoms with E-state index >= 15 is 0 Å². The molecule has 0 spiro atoms. The molecule has 1 N–H and O–H groups in total. The number of imide groups is 1. The molecule has 0 saturated heterocycles. The van der Waals surface area contributed by atoms with Crippen molar-refractivity contribution < 1.29 is 14.4 Å². The van der Waals surface area contributed by atoms with Gasteiger partial charge in [-0.1, -0.05) is 24.3 Å². The minimum absolute atomic E-state index is 0.163. The zero-order valence-corrected chi connectivity index (χ0v) is 18.3. The zero-order chi connectivity index (χ0) is 22.2. The Balaban J connectivity index is 1.26. The molecule has 0 fully saturated rings. The van der Waals surface area contributed by atoms with Crippen LogP contribution >= 0.6 is 11.3 Å². The molecule has 7 heteroatoms. The summed E-state index contributed by atoms with van der Waals surface area (Å²) < 4.78 is 0. The fourth-order valence-corrected chi connectivity index (χ4v) is 5.90. The number of fused-ring (bicyclic) bond motifs is 1. The highest BCUT2D eigenvalue weighted by atomic mass is 32.1. The topological polar surface area (TPSA) is 90.3 Å². The Morgan fingerprint density at radius 1 is 1.06 bits per heavy atom.